The number of rotatable bonds is 9. The van der Waals surface area contributed by atoms with Gasteiger partial charge in [-0.05, 0) is 30.5 Å². The number of nitrogens with zero attached hydrogens (tertiary/aromatic N) is 1. The summed E-state index contributed by atoms with van der Waals surface area (Å²) in [6, 6.07) is 5.65. The van der Waals surface area contributed by atoms with Gasteiger partial charge in [0.05, 0.1) is 7.11 Å². The molecule has 0 aliphatic carbocycles. The molecule has 134 valence electrons. The van der Waals surface area contributed by atoms with Gasteiger partial charge in [-0.1, -0.05) is 24.6 Å². The summed E-state index contributed by atoms with van der Waals surface area (Å²) in [5, 5.41) is 9.86. The van der Waals surface area contributed by atoms with E-state index in [-0.39, 0.29) is 5.91 Å². The molecule has 6 nitrogen and oxygen atoms in total. The Labute approximate surface area is 149 Å². The molecule has 0 radical (unpaired) electrons. The maximum Gasteiger partial charge on any atom is 0.221 e. The van der Waals surface area contributed by atoms with Gasteiger partial charge in [0.25, 0.3) is 0 Å². The van der Waals surface area contributed by atoms with Crippen LogP contribution >= 0.6 is 11.6 Å². The molecule has 1 aromatic carbocycles. The molecule has 0 saturated heterocycles. The zero-order valence-corrected chi connectivity index (χ0v) is 15.4. The highest BCUT2D eigenvalue weighted by Crippen LogP contribution is 2.22. The molecule has 1 rings (SSSR count). The number of benzene rings is 1. The summed E-state index contributed by atoms with van der Waals surface area (Å²) in [4.78, 5) is 15.7. The van der Waals surface area contributed by atoms with Crippen LogP contribution in [0.15, 0.2) is 23.2 Å². The predicted molar refractivity (Wildman–Crippen MR) is 99.0 cm³/mol. The first-order valence-corrected chi connectivity index (χ1v) is 8.52. The highest BCUT2D eigenvalue weighted by molar-refractivity contribution is 6.31. The second kappa shape index (κ2) is 11.6. The summed E-state index contributed by atoms with van der Waals surface area (Å²) in [5.41, 5.74) is 1.04. The molecule has 0 heterocycles. The highest BCUT2D eigenvalue weighted by atomic mass is 35.5. The number of carbonyl (C=O) groups is 1. The van der Waals surface area contributed by atoms with Crippen molar-refractivity contribution in [3.63, 3.8) is 0 Å². The van der Waals surface area contributed by atoms with Crippen molar-refractivity contribution in [3.05, 3.63) is 28.8 Å². The third kappa shape index (κ3) is 7.55. The Morgan fingerprint density at radius 2 is 1.96 bits per heavy atom. The van der Waals surface area contributed by atoms with Crippen molar-refractivity contribution in [1.82, 2.24) is 16.0 Å². The second-order valence-electron chi connectivity index (χ2n) is 5.23. The van der Waals surface area contributed by atoms with Gasteiger partial charge in [-0.15, -0.1) is 0 Å². The molecule has 0 bridgehead atoms. The van der Waals surface area contributed by atoms with E-state index in [2.05, 4.69) is 20.9 Å². The van der Waals surface area contributed by atoms with E-state index < -0.39 is 0 Å². The van der Waals surface area contributed by atoms with Crippen molar-refractivity contribution >= 4 is 23.5 Å². The van der Waals surface area contributed by atoms with Crippen LogP contribution in [0.25, 0.3) is 0 Å². The monoisotopic (exact) mass is 354 g/mol. The largest absolute Gasteiger partial charge is 0.497 e. The van der Waals surface area contributed by atoms with Gasteiger partial charge >= 0.3 is 0 Å². The van der Waals surface area contributed by atoms with Crippen LogP contribution in [-0.4, -0.2) is 45.7 Å². The average molecular weight is 355 g/mol. The second-order valence-corrected chi connectivity index (χ2v) is 5.64. The molecule has 1 amide bonds. The van der Waals surface area contributed by atoms with Crippen LogP contribution in [0.2, 0.25) is 5.02 Å². The van der Waals surface area contributed by atoms with Crippen LogP contribution in [0, 0.1) is 0 Å². The quantitative estimate of drug-likeness (QED) is 0.468. The molecule has 0 aromatic heterocycles. The molecule has 0 aliphatic heterocycles. The smallest absolute Gasteiger partial charge is 0.221 e. The van der Waals surface area contributed by atoms with Gasteiger partial charge in [0, 0.05) is 38.1 Å². The first kappa shape index (κ1) is 20.1. The Balaban J connectivity index is 2.30. The number of aliphatic imine (C=N–C) groups is 1. The number of halogens is 1. The highest BCUT2D eigenvalue weighted by Gasteiger charge is 2.04. The molecule has 0 unspecified atom stereocenters. The molecule has 24 heavy (non-hydrogen) atoms. The molecule has 1 aromatic rings. The fourth-order valence-electron chi connectivity index (χ4n) is 2.04. The Bertz CT molecular complexity index is 549. The molecule has 0 aliphatic rings. The van der Waals surface area contributed by atoms with Gasteiger partial charge in [-0.25, -0.2) is 0 Å². The number of hydrogen-bond donors (Lipinski definition) is 3. The third-order valence-corrected chi connectivity index (χ3v) is 3.74. The maximum absolute atomic E-state index is 11.5. The van der Waals surface area contributed by atoms with E-state index in [1.54, 1.807) is 20.2 Å². The summed E-state index contributed by atoms with van der Waals surface area (Å²) in [6.45, 7) is 3.97. The molecule has 0 spiro atoms. The average Bonchev–Trinajstić information content (AvgIpc) is 2.59. The van der Waals surface area contributed by atoms with E-state index in [0.717, 1.165) is 24.2 Å². The lowest BCUT2D eigenvalue weighted by molar-refractivity contribution is -0.120. The van der Waals surface area contributed by atoms with Crippen molar-refractivity contribution < 1.29 is 9.53 Å². The van der Waals surface area contributed by atoms with E-state index in [9.17, 15) is 4.79 Å². The lowest BCUT2D eigenvalue weighted by Crippen LogP contribution is -2.40. The van der Waals surface area contributed by atoms with Crippen molar-refractivity contribution in [3.8, 4) is 5.75 Å². The Morgan fingerprint density at radius 3 is 2.58 bits per heavy atom. The minimum absolute atomic E-state index is 0.0461. The van der Waals surface area contributed by atoms with Gasteiger partial charge in [-0.2, -0.15) is 0 Å². The standard InChI is InChI=1S/C17H27ClN4O2/c1-4-9-20-16(23)8-11-22-17(19-2)21-10-7-13-5-6-14(24-3)12-15(13)18/h5-6,12H,4,7-11H2,1-3H3,(H,20,23)(H2,19,21,22). The van der Waals surface area contributed by atoms with E-state index >= 15 is 0 Å². The number of ether oxygens (including phenoxy) is 1. The number of methoxy groups -OCH3 is 1. The van der Waals surface area contributed by atoms with E-state index in [4.69, 9.17) is 16.3 Å². The zero-order chi connectivity index (χ0) is 17.8. The number of nitrogens with one attached hydrogen (secondary N) is 3. The molecular formula is C17H27ClN4O2. The predicted octanol–water partition coefficient (Wildman–Crippen LogP) is 1.97. The van der Waals surface area contributed by atoms with Crippen LogP contribution in [0.3, 0.4) is 0 Å². The molecule has 0 fully saturated rings. The number of guanidine groups is 1. The lowest BCUT2D eigenvalue weighted by atomic mass is 10.1. The number of amides is 1. The molecule has 0 saturated carbocycles. The Morgan fingerprint density at radius 1 is 1.21 bits per heavy atom. The molecule has 0 atom stereocenters. The van der Waals surface area contributed by atoms with Gasteiger partial charge in [0.15, 0.2) is 5.96 Å². The Kier molecular flexibility index (Phi) is 9.68. The topological polar surface area (TPSA) is 74.8 Å². The minimum atomic E-state index is 0.0461. The normalized spacial score (nSPS) is 11.1. The number of carbonyl (C=O) groups excluding carboxylic acids is 1. The summed E-state index contributed by atoms with van der Waals surface area (Å²) in [5.74, 6) is 1.46. The van der Waals surface area contributed by atoms with Gasteiger partial charge in [0.2, 0.25) is 5.91 Å². The van der Waals surface area contributed by atoms with E-state index in [0.29, 0.717) is 37.0 Å². The summed E-state index contributed by atoms with van der Waals surface area (Å²) < 4.78 is 5.14. The summed E-state index contributed by atoms with van der Waals surface area (Å²) >= 11 is 6.22. The van der Waals surface area contributed by atoms with Crippen LogP contribution < -0.4 is 20.7 Å². The van der Waals surface area contributed by atoms with Crippen molar-refractivity contribution in [2.45, 2.75) is 26.2 Å². The lowest BCUT2D eigenvalue weighted by Gasteiger charge is -2.12. The fourth-order valence-corrected chi connectivity index (χ4v) is 2.31. The summed E-state index contributed by atoms with van der Waals surface area (Å²) in [7, 11) is 3.32. The van der Waals surface area contributed by atoms with Gasteiger partial charge in [0.1, 0.15) is 5.75 Å². The molecule has 3 N–H and O–H groups in total. The van der Waals surface area contributed by atoms with Crippen LogP contribution in [-0.2, 0) is 11.2 Å². The maximum atomic E-state index is 11.5. The zero-order valence-electron chi connectivity index (χ0n) is 14.6. The van der Waals surface area contributed by atoms with E-state index in [1.807, 2.05) is 19.1 Å². The number of hydrogen-bond acceptors (Lipinski definition) is 3. The minimum Gasteiger partial charge on any atom is -0.497 e. The van der Waals surface area contributed by atoms with Crippen LogP contribution in [0.4, 0.5) is 0 Å². The van der Waals surface area contributed by atoms with E-state index in [1.165, 1.54) is 0 Å². The van der Waals surface area contributed by atoms with Crippen molar-refractivity contribution in [2.24, 2.45) is 4.99 Å². The first-order valence-electron chi connectivity index (χ1n) is 8.14. The molecule has 7 heteroatoms. The summed E-state index contributed by atoms with van der Waals surface area (Å²) in [6.07, 6.45) is 2.13. The third-order valence-electron chi connectivity index (χ3n) is 3.39. The Hall–Kier alpha value is -1.95. The van der Waals surface area contributed by atoms with Crippen molar-refractivity contribution in [2.75, 3.05) is 33.8 Å². The van der Waals surface area contributed by atoms with Gasteiger partial charge in [-0.3, -0.25) is 9.79 Å². The fraction of sp³-hybridized carbons (Fsp3) is 0.529. The SMILES string of the molecule is CCCNC(=O)CCNC(=NC)NCCc1ccc(OC)cc1Cl. The van der Waals surface area contributed by atoms with Crippen molar-refractivity contribution in [1.29, 1.82) is 0 Å². The van der Waals surface area contributed by atoms with Gasteiger partial charge < -0.3 is 20.7 Å². The van der Waals surface area contributed by atoms with Crippen LogP contribution in [0.1, 0.15) is 25.3 Å². The molecular weight excluding hydrogens is 328 g/mol. The van der Waals surface area contributed by atoms with Crippen LogP contribution in [0.5, 0.6) is 5.75 Å². The first-order chi connectivity index (χ1) is 11.6.